The molecule has 1 atom stereocenters. The van der Waals surface area contributed by atoms with Crippen molar-refractivity contribution in [3.8, 4) is 0 Å². The van der Waals surface area contributed by atoms with E-state index in [9.17, 15) is 4.79 Å². The van der Waals surface area contributed by atoms with Crippen molar-refractivity contribution in [1.29, 1.82) is 0 Å². The molecule has 0 amide bonds. The second-order valence-electron chi connectivity index (χ2n) is 6.67. The first-order valence-corrected chi connectivity index (χ1v) is 7.36. The number of hydrogen-bond acceptors (Lipinski definition) is 1. The van der Waals surface area contributed by atoms with Crippen LogP contribution in [0.4, 0.5) is 0 Å². The summed E-state index contributed by atoms with van der Waals surface area (Å²) in [5.74, 6) is 0.800. The van der Waals surface area contributed by atoms with Crippen LogP contribution < -0.4 is 0 Å². The minimum Gasteiger partial charge on any atom is -0.300 e. The topological polar surface area (TPSA) is 17.1 Å². The van der Waals surface area contributed by atoms with Gasteiger partial charge in [0.25, 0.3) is 0 Å². The van der Waals surface area contributed by atoms with Crippen LogP contribution in [0.15, 0.2) is 18.2 Å². The largest absolute Gasteiger partial charge is 0.300 e. The van der Waals surface area contributed by atoms with Crippen molar-refractivity contribution in [2.45, 2.75) is 72.1 Å². The van der Waals surface area contributed by atoms with Gasteiger partial charge in [0.2, 0.25) is 0 Å². The van der Waals surface area contributed by atoms with Crippen LogP contribution in [0.25, 0.3) is 0 Å². The molecule has 0 N–H and O–H groups in total. The van der Waals surface area contributed by atoms with Gasteiger partial charge in [-0.2, -0.15) is 0 Å². The molecule has 19 heavy (non-hydrogen) atoms. The van der Waals surface area contributed by atoms with E-state index in [0.29, 0.717) is 18.1 Å². The zero-order chi connectivity index (χ0) is 14.6. The van der Waals surface area contributed by atoms with Gasteiger partial charge in [-0.15, -0.1) is 0 Å². The van der Waals surface area contributed by atoms with Crippen LogP contribution in [0.2, 0.25) is 0 Å². The van der Waals surface area contributed by atoms with Crippen LogP contribution in [0.5, 0.6) is 0 Å². The zero-order valence-electron chi connectivity index (χ0n) is 13.3. The van der Waals surface area contributed by atoms with E-state index in [0.717, 1.165) is 12.8 Å². The molecule has 1 unspecified atom stereocenters. The van der Waals surface area contributed by atoms with Gasteiger partial charge in [-0.25, -0.2) is 0 Å². The van der Waals surface area contributed by atoms with Gasteiger partial charge in [0, 0.05) is 6.42 Å². The number of ketones is 1. The van der Waals surface area contributed by atoms with Crippen LogP contribution in [0, 0.1) is 6.92 Å². The summed E-state index contributed by atoms with van der Waals surface area (Å²) < 4.78 is 0. The molecule has 1 aromatic rings. The Kier molecular flexibility index (Phi) is 5.34. The number of hydrogen-bond donors (Lipinski definition) is 0. The fourth-order valence-electron chi connectivity index (χ4n) is 2.50. The molecule has 0 heterocycles. The van der Waals surface area contributed by atoms with Gasteiger partial charge in [-0.05, 0) is 54.7 Å². The first-order chi connectivity index (χ1) is 8.75. The van der Waals surface area contributed by atoms with Gasteiger partial charge < -0.3 is 4.79 Å². The van der Waals surface area contributed by atoms with Crippen molar-refractivity contribution in [2.75, 3.05) is 0 Å². The second-order valence-corrected chi connectivity index (χ2v) is 6.67. The standard InChI is InChI=1S/C18H28O/c1-7-15(10-9-14(3)19)17-12-16(18(4,5)6)11-8-13(17)2/h8,11-12,15H,7,9-10H2,1-6H3. The molecule has 0 spiro atoms. The van der Waals surface area contributed by atoms with Gasteiger partial charge in [0.1, 0.15) is 5.78 Å². The molecule has 0 radical (unpaired) electrons. The average Bonchev–Trinajstić information content (AvgIpc) is 2.30. The summed E-state index contributed by atoms with van der Waals surface area (Å²) in [6.45, 7) is 12.8. The third-order valence-corrected chi connectivity index (χ3v) is 3.92. The van der Waals surface area contributed by atoms with Crippen LogP contribution in [0.3, 0.4) is 0 Å². The highest BCUT2D eigenvalue weighted by Crippen LogP contribution is 2.32. The molecular weight excluding hydrogens is 232 g/mol. The lowest BCUT2D eigenvalue weighted by molar-refractivity contribution is -0.117. The summed E-state index contributed by atoms with van der Waals surface area (Å²) in [5, 5.41) is 0. The third kappa shape index (κ3) is 4.49. The monoisotopic (exact) mass is 260 g/mol. The summed E-state index contributed by atoms with van der Waals surface area (Å²) in [5.41, 5.74) is 4.34. The van der Waals surface area contributed by atoms with Crippen molar-refractivity contribution < 1.29 is 4.79 Å². The van der Waals surface area contributed by atoms with E-state index in [1.807, 2.05) is 0 Å². The molecule has 0 aliphatic carbocycles. The number of aryl methyl sites for hydroxylation is 1. The minimum atomic E-state index is 0.182. The molecule has 0 aromatic heterocycles. The highest BCUT2D eigenvalue weighted by molar-refractivity contribution is 5.75. The number of Topliss-reactive ketones (excluding diaryl/α,β-unsaturated/α-hetero) is 1. The molecule has 0 aliphatic heterocycles. The van der Waals surface area contributed by atoms with Crippen molar-refractivity contribution in [1.82, 2.24) is 0 Å². The lowest BCUT2D eigenvalue weighted by atomic mass is 9.81. The quantitative estimate of drug-likeness (QED) is 0.715. The summed E-state index contributed by atoms with van der Waals surface area (Å²) in [6, 6.07) is 6.81. The fourth-order valence-corrected chi connectivity index (χ4v) is 2.50. The zero-order valence-corrected chi connectivity index (χ0v) is 13.3. The number of rotatable bonds is 5. The van der Waals surface area contributed by atoms with Gasteiger partial charge in [-0.1, -0.05) is 45.9 Å². The Balaban J connectivity index is 3.05. The minimum absolute atomic E-state index is 0.182. The van der Waals surface area contributed by atoms with Gasteiger partial charge in [-0.3, -0.25) is 0 Å². The van der Waals surface area contributed by atoms with Crippen molar-refractivity contribution in [2.24, 2.45) is 0 Å². The lowest BCUT2D eigenvalue weighted by Crippen LogP contribution is -2.13. The van der Waals surface area contributed by atoms with E-state index in [4.69, 9.17) is 0 Å². The molecule has 1 nitrogen and oxygen atoms in total. The fraction of sp³-hybridized carbons (Fsp3) is 0.611. The predicted molar refractivity (Wildman–Crippen MR) is 82.8 cm³/mol. The van der Waals surface area contributed by atoms with Gasteiger partial charge in [0.05, 0.1) is 0 Å². The molecule has 1 heteroatoms. The van der Waals surface area contributed by atoms with Crippen LogP contribution in [-0.2, 0) is 10.2 Å². The Morgan fingerprint density at radius 3 is 2.37 bits per heavy atom. The van der Waals surface area contributed by atoms with Gasteiger partial charge in [0.15, 0.2) is 0 Å². The normalized spacial score (nSPS) is 13.4. The van der Waals surface area contributed by atoms with E-state index in [-0.39, 0.29) is 5.41 Å². The molecule has 0 fully saturated rings. The van der Waals surface area contributed by atoms with Crippen molar-refractivity contribution >= 4 is 5.78 Å². The number of benzene rings is 1. The maximum Gasteiger partial charge on any atom is 0.129 e. The van der Waals surface area contributed by atoms with E-state index < -0.39 is 0 Å². The molecule has 1 aromatic carbocycles. The van der Waals surface area contributed by atoms with E-state index >= 15 is 0 Å². The van der Waals surface area contributed by atoms with Crippen molar-refractivity contribution in [3.63, 3.8) is 0 Å². The first-order valence-electron chi connectivity index (χ1n) is 7.36. The maximum atomic E-state index is 11.2. The Hall–Kier alpha value is -1.11. The van der Waals surface area contributed by atoms with Crippen LogP contribution >= 0.6 is 0 Å². The smallest absolute Gasteiger partial charge is 0.129 e. The summed E-state index contributed by atoms with van der Waals surface area (Å²) in [6.07, 6.45) is 2.76. The van der Waals surface area contributed by atoms with Crippen LogP contribution in [0.1, 0.15) is 76.5 Å². The molecular formula is C18H28O. The number of carbonyl (C=O) groups excluding carboxylic acids is 1. The second kappa shape index (κ2) is 6.36. The van der Waals surface area contributed by atoms with E-state index in [1.165, 1.54) is 16.7 Å². The Labute approximate surface area is 118 Å². The molecule has 0 saturated heterocycles. The Morgan fingerprint density at radius 2 is 1.89 bits per heavy atom. The SMILES string of the molecule is CCC(CCC(C)=O)c1cc(C(C)(C)C)ccc1C. The molecule has 106 valence electrons. The molecule has 0 saturated carbocycles. The molecule has 0 bridgehead atoms. The van der Waals surface area contributed by atoms with Gasteiger partial charge >= 0.3 is 0 Å². The first kappa shape index (κ1) is 15.9. The highest BCUT2D eigenvalue weighted by atomic mass is 16.1. The summed E-state index contributed by atoms with van der Waals surface area (Å²) in [4.78, 5) is 11.2. The highest BCUT2D eigenvalue weighted by Gasteiger charge is 2.18. The van der Waals surface area contributed by atoms with E-state index in [1.54, 1.807) is 6.92 Å². The number of carbonyl (C=O) groups is 1. The molecule has 1 rings (SSSR count). The Bertz CT molecular complexity index is 437. The summed E-state index contributed by atoms with van der Waals surface area (Å²) >= 11 is 0. The third-order valence-electron chi connectivity index (χ3n) is 3.92. The Morgan fingerprint density at radius 1 is 1.26 bits per heavy atom. The summed E-state index contributed by atoms with van der Waals surface area (Å²) in [7, 11) is 0. The lowest BCUT2D eigenvalue weighted by Gasteiger charge is -2.24. The molecule has 0 aliphatic rings. The van der Waals surface area contributed by atoms with Crippen LogP contribution in [-0.4, -0.2) is 5.78 Å². The maximum absolute atomic E-state index is 11.2. The predicted octanol–water partition coefficient (Wildman–Crippen LogP) is 5.16. The van der Waals surface area contributed by atoms with E-state index in [2.05, 4.69) is 52.8 Å². The average molecular weight is 260 g/mol. The van der Waals surface area contributed by atoms with Crippen molar-refractivity contribution in [3.05, 3.63) is 34.9 Å².